The molecule has 0 aromatic heterocycles. The Hall–Kier alpha value is -2.49. The molecule has 2 unspecified atom stereocenters. The van der Waals surface area contributed by atoms with Gasteiger partial charge in [0, 0.05) is 11.7 Å². The van der Waals surface area contributed by atoms with Crippen molar-refractivity contribution in [1.82, 2.24) is 0 Å². The minimum Gasteiger partial charge on any atom is -0.399 e. The highest BCUT2D eigenvalue weighted by molar-refractivity contribution is 6.00. The van der Waals surface area contributed by atoms with Crippen molar-refractivity contribution >= 4 is 23.0 Å². The van der Waals surface area contributed by atoms with Crippen LogP contribution in [0.3, 0.4) is 0 Å². The van der Waals surface area contributed by atoms with Crippen molar-refractivity contribution in [3.63, 3.8) is 0 Å². The number of benzene rings is 2. The lowest BCUT2D eigenvalue weighted by Gasteiger charge is -2.25. The van der Waals surface area contributed by atoms with Crippen molar-refractivity contribution in [3.8, 4) is 0 Å². The lowest BCUT2D eigenvalue weighted by Crippen LogP contribution is -2.38. The Morgan fingerprint density at radius 3 is 2.70 bits per heavy atom. The number of hydrogen-bond acceptors (Lipinski definition) is 3. The molecule has 1 fully saturated rings. The zero-order chi connectivity index (χ0) is 15.8. The van der Waals surface area contributed by atoms with Crippen LogP contribution >= 0.6 is 0 Å². The van der Waals surface area contributed by atoms with Gasteiger partial charge in [-0.1, -0.05) is 30.7 Å². The molecule has 23 heavy (non-hydrogen) atoms. The number of para-hydroxylation sites is 2. The van der Waals surface area contributed by atoms with Gasteiger partial charge < -0.3 is 16.0 Å². The highest BCUT2D eigenvalue weighted by Crippen LogP contribution is 2.39. The molecule has 4 nitrogen and oxygen atoms in total. The van der Waals surface area contributed by atoms with Crippen molar-refractivity contribution in [2.75, 3.05) is 16.0 Å². The number of nitrogens with two attached hydrogens (primary N) is 1. The molecule has 2 aromatic carbocycles. The van der Waals surface area contributed by atoms with E-state index < -0.39 is 0 Å². The van der Waals surface area contributed by atoms with Crippen molar-refractivity contribution in [3.05, 3.63) is 54.1 Å². The minimum absolute atomic E-state index is 0.0798. The van der Waals surface area contributed by atoms with Crippen LogP contribution < -0.4 is 16.0 Å². The molecule has 2 atom stereocenters. The van der Waals surface area contributed by atoms with Gasteiger partial charge in [-0.15, -0.1) is 0 Å². The van der Waals surface area contributed by atoms with Gasteiger partial charge in [-0.25, -0.2) is 0 Å². The topological polar surface area (TPSA) is 58.4 Å². The third-order valence-electron chi connectivity index (χ3n) is 4.96. The number of nitrogen functional groups attached to an aromatic ring is 1. The molecule has 1 aliphatic heterocycles. The van der Waals surface area contributed by atoms with E-state index in [1.54, 1.807) is 0 Å². The summed E-state index contributed by atoms with van der Waals surface area (Å²) in [6, 6.07) is 16.1. The SMILES string of the molecule is Nc1ccc(CN2C(=O)C3CCCC3Nc3ccccc32)cc1. The fraction of sp³-hybridized carbons (Fsp3) is 0.316. The van der Waals surface area contributed by atoms with Gasteiger partial charge in [0.2, 0.25) is 5.91 Å². The van der Waals surface area contributed by atoms with Gasteiger partial charge in [0.05, 0.1) is 23.8 Å². The molecule has 2 aromatic rings. The van der Waals surface area contributed by atoms with E-state index in [9.17, 15) is 4.79 Å². The average molecular weight is 307 g/mol. The molecule has 1 heterocycles. The third kappa shape index (κ3) is 2.54. The predicted octanol–water partition coefficient (Wildman–Crippen LogP) is 3.40. The van der Waals surface area contributed by atoms with E-state index >= 15 is 0 Å². The Morgan fingerprint density at radius 2 is 1.87 bits per heavy atom. The second-order valence-corrected chi connectivity index (χ2v) is 6.47. The minimum atomic E-state index is 0.0798. The van der Waals surface area contributed by atoms with Crippen LogP contribution in [-0.2, 0) is 11.3 Å². The molecule has 4 rings (SSSR count). The van der Waals surface area contributed by atoms with Crippen LogP contribution in [0.15, 0.2) is 48.5 Å². The highest BCUT2D eigenvalue weighted by Gasteiger charge is 2.39. The number of fused-ring (bicyclic) bond motifs is 2. The number of hydrogen-bond donors (Lipinski definition) is 2. The van der Waals surface area contributed by atoms with Crippen LogP contribution in [0.4, 0.5) is 17.1 Å². The fourth-order valence-electron chi connectivity index (χ4n) is 3.75. The van der Waals surface area contributed by atoms with Crippen LogP contribution in [0.5, 0.6) is 0 Å². The molecular weight excluding hydrogens is 286 g/mol. The number of carbonyl (C=O) groups excluding carboxylic acids is 1. The number of nitrogens with one attached hydrogen (secondary N) is 1. The Kier molecular flexibility index (Phi) is 3.45. The molecule has 1 aliphatic carbocycles. The van der Waals surface area contributed by atoms with E-state index in [-0.39, 0.29) is 17.9 Å². The van der Waals surface area contributed by atoms with Gasteiger partial charge in [-0.05, 0) is 42.7 Å². The molecule has 0 saturated heterocycles. The highest BCUT2D eigenvalue weighted by atomic mass is 16.2. The van der Waals surface area contributed by atoms with Crippen LogP contribution in [0, 0.1) is 5.92 Å². The van der Waals surface area contributed by atoms with Crippen molar-refractivity contribution < 1.29 is 4.79 Å². The van der Waals surface area contributed by atoms with Crippen LogP contribution in [-0.4, -0.2) is 11.9 Å². The number of rotatable bonds is 2. The molecule has 118 valence electrons. The second-order valence-electron chi connectivity index (χ2n) is 6.47. The van der Waals surface area contributed by atoms with E-state index in [1.807, 2.05) is 47.4 Å². The first-order valence-corrected chi connectivity index (χ1v) is 8.24. The van der Waals surface area contributed by atoms with E-state index in [0.29, 0.717) is 6.54 Å². The Labute approximate surface area is 136 Å². The summed E-state index contributed by atoms with van der Waals surface area (Å²) in [7, 11) is 0. The summed E-state index contributed by atoms with van der Waals surface area (Å²) in [5.41, 5.74) is 9.65. The number of carbonyl (C=O) groups is 1. The zero-order valence-corrected chi connectivity index (χ0v) is 13.0. The summed E-state index contributed by atoms with van der Waals surface area (Å²) >= 11 is 0. The largest absolute Gasteiger partial charge is 0.399 e. The van der Waals surface area contributed by atoms with Crippen molar-refractivity contribution in [2.24, 2.45) is 5.92 Å². The molecular formula is C19H21N3O. The fourth-order valence-corrected chi connectivity index (χ4v) is 3.75. The molecule has 2 aliphatic rings. The molecule has 4 heteroatoms. The molecule has 1 amide bonds. The lowest BCUT2D eigenvalue weighted by atomic mass is 10.0. The number of anilines is 3. The lowest BCUT2D eigenvalue weighted by molar-refractivity contribution is -0.122. The summed E-state index contributed by atoms with van der Waals surface area (Å²) < 4.78 is 0. The summed E-state index contributed by atoms with van der Waals surface area (Å²) in [4.78, 5) is 15.1. The summed E-state index contributed by atoms with van der Waals surface area (Å²) in [5.74, 6) is 0.318. The number of nitrogens with zero attached hydrogens (tertiary/aromatic N) is 1. The van der Waals surface area contributed by atoms with Gasteiger partial charge in [-0.2, -0.15) is 0 Å². The van der Waals surface area contributed by atoms with E-state index in [1.165, 1.54) is 0 Å². The standard InChI is InChI=1S/C19H21N3O/c20-14-10-8-13(9-11-14)12-22-18-7-2-1-5-17(18)21-16-6-3-4-15(16)19(22)23/h1-2,5,7-11,15-16,21H,3-4,6,12,20H2. The third-order valence-corrected chi connectivity index (χ3v) is 4.96. The first-order chi connectivity index (χ1) is 11.2. The number of amides is 1. The maximum absolute atomic E-state index is 13.1. The first kappa shape index (κ1) is 14.1. The van der Waals surface area contributed by atoms with Crippen LogP contribution in [0.2, 0.25) is 0 Å². The molecule has 3 N–H and O–H groups in total. The van der Waals surface area contributed by atoms with E-state index in [0.717, 1.165) is 41.9 Å². The molecule has 1 saturated carbocycles. The van der Waals surface area contributed by atoms with Gasteiger partial charge in [-0.3, -0.25) is 4.79 Å². The van der Waals surface area contributed by atoms with Gasteiger partial charge in [0.25, 0.3) is 0 Å². The van der Waals surface area contributed by atoms with Crippen molar-refractivity contribution in [1.29, 1.82) is 0 Å². The van der Waals surface area contributed by atoms with Crippen LogP contribution in [0.25, 0.3) is 0 Å². The maximum atomic E-state index is 13.1. The maximum Gasteiger partial charge on any atom is 0.232 e. The normalized spacial score (nSPS) is 23.0. The summed E-state index contributed by atoms with van der Waals surface area (Å²) in [6.07, 6.45) is 3.16. The zero-order valence-electron chi connectivity index (χ0n) is 13.0. The van der Waals surface area contributed by atoms with Crippen LogP contribution in [0.1, 0.15) is 24.8 Å². The Bertz CT molecular complexity index is 726. The predicted molar refractivity (Wildman–Crippen MR) is 93.2 cm³/mol. The Balaban J connectivity index is 1.73. The molecule has 0 radical (unpaired) electrons. The quantitative estimate of drug-likeness (QED) is 0.836. The van der Waals surface area contributed by atoms with Crippen molar-refractivity contribution in [2.45, 2.75) is 31.8 Å². The second kappa shape index (κ2) is 5.61. The molecule has 0 bridgehead atoms. The first-order valence-electron chi connectivity index (χ1n) is 8.24. The summed E-state index contributed by atoms with van der Waals surface area (Å²) in [6.45, 7) is 0.584. The summed E-state index contributed by atoms with van der Waals surface area (Å²) in [5, 5.41) is 3.59. The Morgan fingerprint density at radius 1 is 1.09 bits per heavy atom. The smallest absolute Gasteiger partial charge is 0.232 e. The van der Waals surface area contributed by atoms with Gasteiger partial charge in [0.1, 0.15) is 0 Å². The average Bonchev–Trinajstić information content (AvgIpc) is 2.99. The van der Waals surface area contributed by atoms with E-state index in [4.69, 9.17) is 5.73 Å². The van der Waals surface area contributed by atoms with Gasteiger partial charge >= 0.3 is 0 Å². The monoisotopic (exact) mass is 307 g/mol. The molecule has 0 spiro atoms. The van der Waals surface area contributed by atoms with Gasteiger partial charge in [0.15, 0.2) is 0 Å². The van der Waals surface area contributed by atoms with E-state index in [2.05, 4.69) is 11.4 Å².